The SMILES string of the molecule is O=C(O)c1sc2ccccc2c1CN1CCCC1CO. The summed E-state index contributed by atoms with van der Waals surface area (Å²) in [5.74, 6) is -0.860. The topological polar surface area (TPSA) is 60.8 Å². The molecule has 1 saturated heterocycles. The number of aromatic carboxylic acids is 1. The number of likely N-dealkylation sites (tertiary alicyclic amines) is 1. The summed E-state index contributed by atoms with van der Waals surface area (Å²) in [5, 5.41) is 19.8. The highest BCUT2D eigenvalue weighted by Crippen LogP contribution is 2.33. The first-order valence-electron chi connectivity index (χ1n) is 6.79. The van der Waals surface area contributed by atoms with Gasteiger partial charge in [0.05, 0.1) is 6.61 Å². The maximum absolute atomic E-state index is 11.5. The zero-order valence-electron chi connectivity index (χ0n) is 11.1. The first-order chi connectivity index (χ1) is 9.70. The number of thiophene rings is 1. The lowest BCUT2D eigenvalue weighted by Crippen LogP contribution is -2.31. The van der Waals surface area contributed by atoms with Crippen molar-refractivity contribution in [2.24, 2.45) is 0 Å². The van der Waals surface area contributed by atoms with E-state index in [1.165, 1.54) is 11.3 Å². The molecule has 0 radical (unpaired) electrons. The van der Waals surface area contributed by atoms with Gasteiger partial charge in [0.25, 0.3) is 0 Å². The summed E-state index contributed by atoms with van der Waals surface area (Å²) < 4.78 is 1.01. The van der Waals surface area contributed by atoms with Gasteiger partial charge in [-0.15, -0.1) is 11.3 Å². The van der Waals surface area contributed by atoms with E-state index >= 15 is 0 Å². The molecule has 106 valence electrons. The van der Waals surface area contributed by atoms with Gasteiger partial charge in [-0.05, 0) is 36.4 Å². The number of benzene rings is 1. The molecule has 1 atom stereocenters. The fraction of sp³-hybridized carbons (Fsp3) is 0.400. The van der Waals surface area contributed by atoms with E-state index in [1.54, 1.807) is 0 Å². The average molecular weight is 291 g/mol. The van der Waals surface area contributed by atoms with Gasteiger partial charge in [-0.3, -0.25) is 4.90 Å². The van der Waals surface area contributed by atoms with E-state index in [2.05, 4.69) is 4.90 Å². The lowest BCUT2D eigenvalue weighted by Gasteiger charge is -2.22. The standard InChI is InChI=1S/C15H17NO3S/c17-9-10-4-3-7-16(10)8-12-11-5-1-2-6-13(11)20-14(12)15(18)19/h1-2,5-6,10,17H,3-4,7-9H2,(H,18,19). The average Bonchev–Trinajstić information content (AvgIpc) is 3.04. The van der Waals surface area contributed by atoms with Crippen LogP contribution < -0.4 is 0 Å². The quantitative estimate of drug-likeness (QED) is 0.909. The molecule has 3 rings (SSSR count). The van der Waals surface area contributed by atoms with Gasteiger partial charge in [-0.2, -0.15) is 0 Å². The second-order valence-electron chi connectivity index (χ2n) is 5.16. The number of carboxylic acid groups (broad SMARTS) is 1. The van der Waals surface area contributed by atoms with E-state index in [9.17, 15) is 15.0 Å². The number of carboxylic acids is 1. The molecular formula is C15H17NO3S. The van der Waals surface area contributed by atoms with Crippen molar-refractivity contribution in [3.05, 3.63) is 34.7 Å². The van der Waals surface area contributed by atoms with Crippen LogP contribution in [0.4, 0.5) is 0 Å². The van der Waals surface area contributed by atoms with Crippen LogP contribution in [-0.4, -0.2) is 40.3 Å². The predicted octanol–water partition coefficient (Wildman–Crippen LogP) is 2.56. The van der Waals surface area contributed by atoms with Crippen LogP contribution in [0.1, 0.15) is 28.1 Å². The number of fused-ring (bicyclic) bond motifs is 1. The van der Waals surface area contributed by atoms with Crippen molar-refractivity contribution < 1.29 is 15.0 Å². The van der Waals surface area contributed by atoms with Gasteiger partial charge in [-0.1, -0.05) is 18.2 Å². The molecule has 2 N–H and O–H groups in total. The van der Waals surface area contributed by atoms with Crippen LogP contribution in [0.15, 0.2) is 24.3 Å². The van der Waals surface area contributed by atoms with Gasteiger partial charge < -0.3 is 10.2 Å². The van der Waals surface area contributed by atoms with Crippen LogP contribution in [0.2, 0.25) is 0 Å². The molecule has 5 heteroatoms. The first-order valence-corrected chi connectivity index (χ1v) is 7.61. The number of aliphatic hydroxyl groups is 1. The molecule has 0 bridgehead atoms. The predicted molar refractivity (Wildman–Crippen MR) is 79.3 cm³/mol. The van der Waals surface area contributed by atoms with Crippen molar-refractivity contribution >= 4 is 27.4 Å². The summed E-state index contributed by atoms with van der Waals surface area (Å²) in [7, 11) is 0. The van der Waals surface area contributed by atoms with E-state index < -0.39 is 5.97 Å². The number of nitrogens with zero attached hydrogens (tertiary/aromatic N) is 1. The molecule has 1 aliphatic rings. The highest BCUT2D eigenvalue weighted by atomic mass is 32.1. The normalized spacial score (nSPS) is 19.8. The zero-order valence-corrected chi connectivity index (χ0v) is 11.9. The summed E-state index contributed by atoms with van der Waals surface area (Å²) in [4.78, 5) is 14.1. The monoisotopic (exact) mass is 291 g/mol. The molecule has 4 nitrogen and oxygen atoms in total. The lowest BCUT2D eigenvalue weighted by molar-refractivity contribution is 0.0699. The van der Waals surface area contributed by atoms with E-state index in [0.717, 1.165) is 35.0 Å². The van der Waals surface area contributed by atoms with Crippen molar-refractivity contribution in [1.29, 1.82) is 0 Å². The molecule has 0 spiro atoms. The van der Waals surface area contributed by atoms with Gasteiger partial charge in [0.1, 0.15) is 4.88 Å². The Hall–Kier alpha value is -1.43. The minimum absolute atomic E-state index is 0.143. The fourth-order valence-corrected chi connectivity index (χ4v) is 3.99. The first kappa shape index (κ1) is 13.5. The summed E-state index contributed by atoms with van der Waals surface area (Å²) in [6, 6.07) is 7.98. The van der Waals surface area contributed by atoms with Gasteiger partial charge in [-0.25, -0.2) is 4.79 Å². The Morgan fingerprint density at radius 1 is 1.40 bits per heavy atom. The Kier molecular flexibility index (Phi) is 3.74. The lowest BCUT2D eigenvalue weighted by atomic mass is 10.1. The Morgan fingerprint density at radius 3 is 2.95 bits per heavy atom. The van der Waals surface area contributed by atoms with Crippen molar-refractivity contribution in [1.82, 2.24) is 4.90 Å². The molecule has 0 aliphatic carbocycles. The van der Waals surface area contributed by atoms with Gasteiger partial charge >= 0.3 is 5.97 Å². The molecule has 2 aromatic rings. The third-order valence-corrected chi connectivity index (χ3v) is 5.16. The number of aliphatic hydroxyl groups excluding tert-OH is 1. The van der Waals surface area contributed by atoms with E-state index in [4.69, 9.17) is 0 Å². The Morgan fingerprint density at radius 2 is 2.20 bits per heavy atom. The van der Waals surface area contributed by atoms with Gasteiger partial charge in [0, 0.05) is 17.3 Å². The molecule has 1 unspecified atom stereocenters. The molecule has 2 heterocycles. The largest absolute Gasteiger partial charge is 0.477 e. The Bertz CT molecular complexity index is 637. The zero-order chi connectivity index (χ0) is 14.1. The van der Waals surface area contributed by atoms with Crippen molar-refractivity contribution in [2.45, 2.75) is 25.4 Å². The second kappa shape index (κ2) is 5.52. The van der Waals surface area contributed by atoms with Crippen molar-refractivity contribution in [2.75, 3.05) is 13.2 Å². The third kappa shape index (κ3) is 2.32. The van der Waals surface area contributed by atoms with Crippen LogP contribution in [-0.2, 0) is 6.54 Å². The second-order valence-corrected chi connectivity index (χ2v) is 6.21. The molecule has 0 amide bonds. The third-order valence-electron chi connectivity index (χ3n) is 3.96. The summed E-state index contributed by atoms with van der Waals surface area (Å²) >= 11 is 1.34. The number of hydrogen-bond donors (Lipinski definition) is 2. The summed E-state index contributed by atoms with van der Waals surface area (Å²) in [5.41, 5.74) is 0.887. The van der Waals surface area contributed by atoms with E-state index in [-0.39, 0.29) is 12.6 Å². The molecule has 20 heavy (non-hydrogen) atoms. The smallest absolute Gasteiger partial charge is 0.346 e. The van der Waals surface area contributed by atoms with Gasteiger partial charge in [0.2, 0.25) is 0 Å². The maximum Gasteiger partial charge on any atom is 0.346 e. The van der Waals surface area contributed by atoms with Crippen LogP contribution >= 0.6 is 11.3 Å². The molecule has 1 aromatic heterocycles. The van der Waals surface area contributed by atoms with E-state index in [0.29, 0.717) is 11.4 Å². The number of carbonyl (C=O) groups is 1. The minimum atomic E-state index is -0.860. The van der Waals surface area contributed by atoms with Crippen molar-refractivity contribution in [3.8, 4) is 0 Å². The summed E-state index contributed by atoms with van der Waals surface area (Å²) in [6.45, 7) is 1.68. The molecule has 1 aliphatic heterocycles. The Balaban J connectivity index is 2.00. The van der Waals surface area contributed by atoms with Crippen LogP contribution in [0.5, 0.6) is 0 Å². The van der Waals surface area contributed by atoms with E-state index in [1.807, 2.05) is 24.3 Å². The van der Waals surface area contributed by atoms with Crippen LogP contribution in [0.3, 0.4) is 0 Å². The maximum atomic E-state index is 11.5. The number of rotatable bonds is 4. The highest BCUT2D eigenvalue weighted by Gasteiger charge is 2.27. The Labute approximate surface area is 121 Å². The highest BCUT2D eigenvalue weighted by molar-refractivity contribution is 7.21. The number of hydrogen-bond acceptors (Lipinski definition) is 4. The van der Waals surface area contributed by atoms with Crippen molar-refractivity contribution in [3.63, 3.8) is 0 Å². The van der Waals surface area contributed by atoms with Gasteiger partial charge in [0.15, 0.2) is 0 Å². The molecule has 1 fully saturated rings. The molecule has 0 saturated carbocycles. The van der Waals surface area contributed by atoms with Crippen LogP contribution in [0, 0.1) is 0 Å². The molecule has 1 aromatic carbocycles. The fourth-order valence-electron chi connectivity index (χ4n) is 2.94. The minimum Gasteiger partial charge on any atom is -0.477 e. The van der Waals surface area contributed by atoms with Crippen LogP contribution in [0.25, 0.3) is 10.1 Å². The molecular weight excluding hydrogens is 274 g/mol. The summed E-state index contributed by atoms with van der Waals surface area (Å²) in [6.07, 6.45) is 2.05.